The van der Waals surface area contributed by atoms with Gasteiger partial charge in [0, 0.05) is 24.3 Å². The van der Waals surface area contributed by atoms with Crippen LogP contribution in [0.3, 0.4) is 0 Å². The van der Waals surface area contributed by atoms with Gasteiger partial charge in [0.15, 0.2) is 0 Å². The summed E-state index contributed by atoms with van der Waals surface area (Å²) in [6, 6.07) is 13.1. The maximum Gasteiger partial charge on any atom is 0.254 e. The molecule has 0 aliphatic carbocycles. The van der Waals surface area contributed by atoms with E-state index in [9.17, 15) is 4.79 Å². The molecule has 1 amide bonds. The molecule has 4 nitrogen and oxygen atoms in total. The van der Waals surface area contributed by atoms with Crippen LogP contribution in [0.15, 0.2) is 42.5 Å². The normalized spacial score (nSPS) is 13.7. The lowest BCUT2D eigenvalue weighted by Crippen LogP contribution is -2.36. The Bertz CT molecular complexity index is 665. The first kappa shape index (κ1) is 13.5. The molecule has 108 valence electrons. The van der Waals surface area contributed by atoms with Gasteiger partial charge in [-0.3, -0.25) is 4.79 Å². The molecule has 0 spiro atoms. The second kappa shape index (κ2) is 5.48. The number of hydrogen-bond donors (Lipinski definition) is 1. The van der Waals surface area contributed by atoms with E-state index in [4.69, 9.17) is 10.5 Å². The monoisotopic (exact) mass is 282 g/mol. The van der Waals surface area contributed by atoms with Crippen molar-refractivity contribution < 1.29 is 9.53 Å². The van der Waals surface area contributed by atoms with E-state index in [1.165, 1.54) is 5.56 Å². The average molecular weight is 282 g/mol. The van der Waals surface area contributed by atoms with Crippen molar-refractivity contribution >= 4 is 11.6 Å². The smallest absolute Gasteiger partial charge is 0.254 e. The zero-order chi connectivity index (χ0) is 14.8. The minimum Gasteiger partial charge on any atom is -0.497 e. The molecule has 0 bridgehead atoms. The summed E-state index contributed by atoms with van der Waals surface area (Å²) in [5.41, 5.74) is 9.81. The van der Waals surface area contributed by atoms with Gasteiger partial charge in [0.2, 0.25) is 0 Å². The number of ether oxygens (including phenoxy) is 1. The van der Waals surface area contributed by atoms with Crippen LogP contribution in [0.2, 0.25) is 0 Å². The third-order valence-corrected chi connectivity index (χ3v) is 3.93. The van der Waals surface area contributed by atoms with E-state index in [2.05, 4.69) is 0 Å². The van der Waals surface area contributed by atoms with Gasteiger partial charge in [-0.2, -0.15) is 0 Å². The number of nitrogens with zero attached hydrogens (tertiary/aromatic N) is 1. The summed E-state index contributed by atoms with van der Waals surface area (Å²) in [5, 5.41) is 0. The molecule has 2 aromatic carbocycles. The van der Waals surface area contributed by atoms with E-state index in [1.54, 1.807) is 19.2 Å². The SMILES string of the molecule is COc1ccc(C(=O)N2CCc3c(N)cccc3C2)cc1. The minimum absolute atomic E-state index is 0.0470. The topological polar surface area (TPSA) is 55.6 Å². The zero-order valence-corrected chi connectivity index (χ0v) is 12.0. The maximum absolute atomic E-state index is 12.5. The molecule has 3 rings (SSSR count). The Balaban J connectivity index is 1.80. The number of anilines is 1. The molecule has 0 unspecified atom stereocenters. The van der Waals surface area contributed by atoms with Gasteiger partial charge in [-0.05, 0) is 47.9 Å². The third-order valence-electron chi connectivity index (χ3n) is 3.93. The van der Waals surface area contributed by atoms with E-state index in [0.29, 0.717) is 18.7 Å². The van der Waals surface area contributed by atoms with Gasteiger partial charge in [0.1, 0.15) is 5.75 Å². The van der Waals surface area contributed by atoms with E-state index in [1.807, 2.05) is 35.2 Å². The molecule has 1 heterocycles. The minimum atomic E-state index is 0.0470. The first-order valence-corrected chi connectivity index (χ1v) is 6.98. The van der Waals surface area contributed by atoms with E-state index >= 15 is 0 Å². The summed E-state index contributed by atoms with van der Waals surface area (Å²) in [6.45, 7) is 1.32. The number of nitrogen functional groups attached to an aromatic ring is 1. The van der Waals surface area contributed by atoms with Crippen LogP contribution < -0.4 is 10.5 Å². The molecular formula is C17H18N2O2. The van der Waals surface area contributed by atoms with E-state index in [0.717, 1.165) is 23.4 Å². The highest BCUT2D eigenvalue weighted by Gasteiger charge is 2.22. The van der Waals surface area contributed by atoms with Crippen LogP contribution >= 0.6 is 0 Å². The van der Waals surface area contributed by atoms with Crippen LogP contribution in [0, 0.1) is 0 Å². The Labute approximate surface area is 124 Å². The Morgan fingerprint density at radius 1 is 1.19 bits per heavy atom. The first-order valence-electron chi connectivity index (χ1n) is 6.98. The fourth-order valence-corrected chi connectivity index (χ4v) is 2.73. The predicted octanol–water partition coefficient (Wildman–Crippen LogP) is 2.48. The number of carbonyl (C=O) groups excluding carboxylic acids is 1. The Hall–Kier alpha value is -2.49. The third kappa shape index (κ3) is 2.57. The highest BCUT2D eigenvalue weighted by atomic mass is 16.5. The zero-order valence-electron chi connectivity index (χ0n) is 12.0. The molecule has 0 saturated carbocycles. The van der Waals surface area contributed by atoms with Gasteiger partial charge in [0.05, 0.1) is 7.11 Å². The number of nitrogens with two attached hydrogens (primary N) is 1. The second-order valence-electron chi connectivity index (χ2n) is 5.19. The molecule has 0 fully saturated rings. The number of methoxy groups -OCH3 is 1. The number of fused-ring (bicyclic) bond motifs is 1. The number of benzene rings is 2. The van der Waals surface area contributed by atoms with Crippen molar-refractivity contribution in [3.63, 3.8) is 0 Å². The lowest BCUT2D eigenvalue weighted by atomic mass is 9.97. The van der Waals surface area contributed by atoms with Gasteiger partial charge in [-0.1, -0.05) is 12.1 Å². The summed E-state index contributed by atoms with van der Waals surface area (Å²) in [5.74, 6) is 0.800. The van der Waals surface area contributed by atoms with Crippen LogP contribution in [0.25, 0.3) is 0 Å². The van der Waals surface area contributed by atoms with Crippen molar-refractivity contribution in [2.24, 2.45) is 0 Å². The van der Waals surface area contributed by atoms with Gasteiger partial charge in [0.25, 0.3) is 5.91 Å². The molecule has 1 aliphatic heterocycles. The average Bonchev–Trinajstić information content (AvgIpc) is 2.54. The summed E-state index contributed by atoms with van der Waals surface area (Å²) in [6.07, 6.45) is 0.809. The highest BCUT2D eigenvalue weighted by Crippen LogP contribution is 2.25. The van der Waals surface area contributed by atoms with E-state index in [-0.39, 0.29) is 5.91 Å². The van der Waals surface area contributed by atoms with Crippen molar-refractivity contribution in [2.45, 2.75) is 13.0 Å². The van der Waals surface area contributed by atoms with Gasteiger partial charge < -0.3 is 15.4 Å². The molecule has 2 N–H and O–H groups in total. The van der Waals surface area contributed by atoms with Gasteiger partial charge in [-0.25, -0.2) is 0 Å². The number of carbonyl (C=O) groups is 1. The standard InChI is InChI=1S/C17H18N2O2/c1-21-14-7-5-12(6-8-14)17(20)19-10-9-15-13(11-19)3-2-4-16(15)18/h2-8H,9-11,18H2,1H3. The Morgan fingerprint density at radius 3 is 2.67 bits per heavy atom. The van der Waals surface area contributed by atoms with Crippen LogP contribution in [0.4, 0.5) is 5.69 Å². The number of hydrogen-bond acceptors (Lipinski definition) is 3. The summed E-state index contributed by atoms with van der Waals surface area (Å²) < 4.78 is 5.12. The van der Waals surface area contributed by atoms with Crippen molar-refractivity contribution in [2.75, 3.05) is 19.4 Å². The largest absolute Gasteiger partial charge is 0.497 e. The first-order chi connectivity index (χ1) is 10.2. The summed E-state index contributed by atoms with van der Waals surface area (Å²) >= 11 is 0. The number of amides is 1. The molecule has 0 aromatic heterocycles. The van der Waals surface area contributed by atoms with Crippen molar-refractivity contribution in [1.29, 1.82) is 0 Å². The van der Waals surface area contributed by atoms with Gasteiger partial charge in [-0.15, -0.1) is 0 Å². The van der Waals surface area contributed by atoms with Crippen LogP contribution in [0.1, 0.15) is 21.5 Å². The van der Waals surface area contributed by atoms with Crippen molar-refractivity contribution in [3.05, 3.63) is 59.2 Å². The quantitative estimate of drug-likeness (QED) is 0.861. The fraction of sp³-hybridized carbons (Fsp3) is 0.235. The summed E-state index contributed by atoms with van der Waals surface area (Å²) in [7, 11) is 1.61. The van der Waals surface area contributed by atoms with Gasteiger partial charge >= 0.3 is 0 Å². The molecule has 0 atom stereocenters. The molecule has 0 saturated heterocycles. The van der Waals surface area contributed by atoms with Crippen LogP contribution in [0.5, 0.6) is 5.75 Å². The van der Waals surface area contributed by atoms with Crippen LogP contribution in [-0.2, 0) is 13.0 Å². The Morgan fingerprint density at radius 2 is 1.95 bits per heavy atom. The second-order valence-corrected chi connectivity index (χ2v) is 5.19. The molecule has 4 heteroatoms. The van der Waals surface area contributed by atoms with Crippen LogP contribution in [-0.4, -0.2) is 24.5 Å². The molecule has 2 aromatic rings. The highest BCUT2D eigenvalue weighted by molar-refractivity contribution is 5.94. The lowest BCUT2D eigenvalue weighted by Gasteiger charge is -2.29. The maximum atomic E-state index is 12.5. The van der Waals surface area contributed by atoms with Crippen molar-refractivity contribution in [1.82, 2.24) is 4.90 Å². The predicted molar refractivity (Wildman–Crippen MR) is 82.3 cm³/mol. The summed E-state index contributed by atoms with van der Waals surface area (Å²) in [4.78, 5) is 14.4. The molecular weight excluding hydrogens is 264 g/mol. The Kier molecular flexibility index (Phi) is 3.52. The number of rotatable bonds is 2. The molecule has 0 radical (unpaired) electrons. The molecule has 21 heavy (non-hydrogen) atoms. The van der Waals surface area contributed by atoms with E-state index < -0.39 is 0 Å². The molecule has 1 aliphatic rings. The lowest BCUT2D eigenvalue weighted by molar-refractivity contribution is 0.0735. The fourth-order valence-electron chi connectivity index (χ4n) is 2.73. The van der Waals surface area contributed by atoms with Crippen molar-refractivity contribution in [3.8, 4) is 5.75 Å².